The van der Waals surface area contributed by atoms with E-state index in [1.54, 1.807) is 0 Å². The van der Waals surface area contributed by atoms with Crippen molar-refractivity contribution in [2.45, 2.75) is 56.4 Å². The molecule has 0 amide bonds. The number of alkyl halides is 3. The Bertz CT molecular complexity index is 251. The Morgan fingerprint density at radius 3 is 2.24 bits per heavy atom. The van der Waals surface area contributed by atoms with Gasteiger partial charge in [0.05, 0.1) is 17.7 Å². The van der Waals surface area contributed by atoms with E-state index in [9.17, 15) is 13.2 Å². The number of hydrogen-bond acceptors (Lipinski definition) is 2. The number of nitrogens with zero attached hydrogens (tertiary/aromatic N) is 1. The topological polar surface area (TPSA) is 23.8 Å². The molecule has 1 aliphatic carbocycles. The Balaban J connectivity index is 2.34. The first-order chi connectivity index (χ1) is 8.03. The van der Waals surface area contributed by atoms with Gasteiger partial charge in [-0.15, -0.1) is 11.8 Å². The summed E-state index contributed by atoms with van der Waals surface area (Å²) in [5, 5.41) is 8.79. The monoisotopic (exact) mass is 265 g/mol. The second-order valence-electron chi connectivity index (χ2n) is 4.54. The second kappa shape index (κ2) is 7.15. The lowest BCUT2D eigenvalue weighted by Crippen LogP contribution is -2.17. The van der Waals surface area contributed by atoms with Crippen LogP contribution in [0.4, 0.5) is 13.2 Å². The van der Waals surface area contributed by atoms with Crippen LogP contribution in [0.3, 0.4) is 0 Å². The lowest BCUT2D eigenvalue weighted by Gasteiger charge is -2.19. The van der Waals surface area contributed by atoms with E-state index in [0.29, 0.717) is 5.92 Å². The molecule has 1 fully saturated rings. The highest BCUT2D eigenvalue weighted by molar-refractivity contribution is 8.00. The molecule has 1 unspecified atom stereocenters. The highest BCUT2D eigenvalue weighted by Crippen LogP contribution is 2.33. The minimum Gasteiger partial charge on any atom is -0.197 e. The largest absolute Gasteiger partial charge is 0.389 e. The van der Waals surface area contributed by atoms with Crippen LogP contribution in [0.5, 0.6) is 0 Å². The zero-order chi connectivity index (χ0) is 12.7. The van der Waals surface area contributed by atoms with Gasteiger partial charge in [-0.1, -0.05) is 25.7 Å². The average molecular weight is 265 g/mol. The maximum Gasteiger partial charge on any atom is 0.389 e. The van der Waals surface area contributed by atoms with Gasteiger partial charge in [0, 0.05) is 5.75 Å². The average Bonchev–Trinajstić information content (AvgIpc) is 2.51. The van der Waals surface area contributed by atoms with E-state index in [0.717, 1.165) is 25.7 Å². The third-order valence-electron chi connectivity index (χ3n) is 3.14. The van der Waals surface area contributed by atoms with Gasteiger partial charge in [-0.25, -0.2) is 0 Å². The number of rotatable bonds is 4. The van der Waals surface area contributed by atoms with Gasteiger partial charge in [0.1, 0.15) is 0 Å². The molecule has 0 aromatic rings. The molecule has 0 N–H and O–H groups in total. The van der Waals surface area contributed by atoms with Crippen LogP contribution >= 0.6 is 11.8 Å². The Hall–Kier alpha value is -0.370. The van der Waals surface area contributed by atoms with Gasteiger partial charge < -0.3 is 0 Å². The molecule has 1 nitrogen and oxygen atoms in total. The van der Waals surface area contributed by atoms with E-state index in [1.807, 2.05) is 0 Å². The van der Waals surface area contributed by atoms with Crippen molar-refractivity contribution < 1.29 is 13.2 Å². The predicted molar refractivity (Wildman–Crippen MR) is 63.7 cm³/mol. The third kappa shape index (κ3) is 6.21. The van der Waals surface area contributed by atoms with Gasteiger partial charge in [0.15, 0.2) is 0 Å². The summed E-state index contributed by atoms with van der Waals surface area (Å²) in [6, 6.07) is 2.18. The van der Waals surface area contributed by atoms with E-state index in [-0.39, 0.29) is 11.0 Å². The summed E-state index contributed by atoms with van der Waals surface area (Å²) >= 11 is 1.18. The third-order valence-corrected chi connectivity index (χ3v) is 4.43. The van der Waals surface area contributed by atoms with Crippen molar-refractivity contribution in [1.29, 1.82) is 5.26 Å². The van der Waals surface area contributed by atoms with Gasteiger partial charge in [-0.2, -0.15) is 18.4 Å². The van der Waals surface area contributed by atoms with Crippen molar-refractivity contribution in [3.05, 3.63) is 0 Å². The predicted octanol–water partition coefficient (Wildman–Crippen LogP) is 4.53. The van der Waals surface area contributed by atoms with Crippen LogP contribution in [0.25, 0.3) is 0 Å². The molecule has 0 bridgehead atoms. The zero-order valence-corrected chi connectivity index (χ0v) is 10.6. The minimum atomic E-state index is -4.10. The van der Waals surface area contributed by atoms with E-state index in [4.69, 9.17) is 5.26 Å². The van der Waals surface area contributed by atoms with E-state index in [1.165, 1.54) is 24.6 Å². The Morgan fingerprint density at radius 2 is 1.76 bits per heavy atom. The number of halogens is 3. The van der Waals surface area contributed by atoms with Gasteiger partial charge in [-0.05, 0) is 18.8 Å². The van der Waals surface area contributed by atoms with Crippen LogP contribution < -0.4 is 0 Å². The molecule has 0 aromatic heterocycles. The fourth-order valence-electron chi connectivity index (χ4n) is 2.19. The molecular weight excluding hydrogens is 247 g/mol. The molecule has 0 heterocycles. The minimum absolute atomic E-state index is 0.0121. The fraction of sp³-hybridized carbons (Fsp3) is 0.917. The van der Waals surface area contributed by atoms with E-state index >= 15 is 0 Å². The van der Waals surface area contributed by atoms with Crippen molar-refractivity contribution in [2.24, 2.45) is 5.92 Å². The Morgan fingerprint density at radius 1 is 1.18 bits per heavy atom. The lowest BCUT2D eigenvalue weighted by atomic mass is 9.97. The van der Waals surface area contributed by atoms with Crippen molar-refractivity contribution in [3.63, 3.8) is 0 Å². The first-order valence-electron chi connectivity index (χ1n) is 6.11. The van der Waals surface area contributed by atoms with Gasteiger partial charge in [0.25, 0.3) is 0 Å². The van der Waals surface area contributed by atoms with Crippen molar-refractivity contribution in [1.82, 2.24) is 0 Å². The van der Waals surface area contributed by atoms with Crippen LogP contribution in [0.2, 0.25) is 0 Å². The van der Waals surface area contributed by atoms with E-state index < -0.39 is 12.6 Å². The normalized spacial score (nSPS) is 20.6. The maximum atomic E-state index is 12.0. The maximum absolute atomic E-state index is 12.0. The van der Waals surface area contributed by atoms with Crippen molar-refractivity contribution in [3.8, 4) is 6.07 Å². The summed E-state index contributed by atoms with van der Waals surface area (Å²) in [6.07, 6.45) is 1.72. The molecule has 98 valence electrons. The van der Waals surface area contributed by atoms with E-state index in [2.05, 4.69) is 6.07 Å². The molecule has 1 aliphatic rings. The molecule has 5 heteroatoms. The quantitative estimate of drug-likeness (QED) is 0.697. The fourth-order valence-corrected chi connectivity index (χ4v) is 3.42. The summed E-state index contributed by atoms with van der Waals surface area (Å²) in [7, 11) is 0. The van der Waals surface area contributed by atoms with Crippen LogP contribution in [0.15, 0.2) is 0 Å². The Kier molecular flexibility index (Phi) is 6.18. The van der Waals surface area contributed by atoms with Crippen molar-refractivity contribution >= 4 is 11.8 Å². The van der Waals surface area contributed by atoms with Gasteiger partial charge in [0.2, 0.25) is 0 Å². The number of thioether (sulfide) groups is 1. The smallest absolute Gasteiger partial charge is 0.197 e. The van der Waals surface area contributed by atoms with Crippen molar-refractivity contribution in [2.75, 3.05) is 5.75 Å². The summed E-state index contributed by atoms with van der Waals surface area (Å²) in [5.74, 6) is 0.304. The summed E-state index contributed by atoms with van der Waals surface area (Å²) in [4.78, 5) is 0. The molecule has 17 heavy (non-hydrogen) atoms. The SMILES string of the molecule is N#CC(SCCC(F)(F)F)C1CCCCCC1. The molecule has 0 saturated heterocycles. The molecule has 0 spiro atoms. The first kappa shape index (κ1) is 14.7. The molecule has 1 saturated carbocycles. The number of hydrogen-bond donors (Lipinski definition) is 0. The van der Waals surface area contributed by atoms with Crippen LogP contribution in [0, 0.1) is 17.2 Å². The van der Waals surface area contributed by atoms with Crippen LogP contribution in [0.1, 0.15) is 44.9 Å². The molecule has 0 radical (unpaired) electrons. The standard InChI is InChI=1S/C12H18F3NS/c13-12(14,15)7-8-17-11(9-16)10-5-3-1-2-4-6-10/h10-11H,1-8H2. The molecule has 0 aromatic carbocycles. The van der Waals surface area contributed by atoms with Gasteiger partial charge >= 0.3 is 6.18 Å². The zero-order valence-electron chi connectivity index (χ0n) is 9.80. The van der Waals surface area contributed by atoms with Gasteiger partial charge in [-0.3, -0.25) is 0 Å². The summed E-state index contributed by atoms with van der Waals surface area (Å²) in [5.41, 5.74) is 0. The van der Waals surface area contributed by atoms with Crippen LogP contribution in [-0.4, -0.2) is 17.2 Å². The molecule has 1 rings (SSSR count). The summed E-state index contributed by atoms with van der Waals surface area (Å²) in [6.45, 7) is 0. The summed E-state index contributed by atoms with van der Waals surface area (Å²) < 4.78 is 36.1. The van der Waals surface area contributed by atoms with Crippen LogP contribution in [-0.2, 0) is 0 Å². The number of nitriles is 1. The lowest BCUT2D eigenvalue weighted by molar-refractivity contribution is -0.129. The Labute approximate surface area is 105 Å². The molecular formula is C12H18F3NS. The first-order valence-corrected chi connectivity index (χ1v) is 7.16. The highest BCUT2D eigenvalue weighted by atomic mass is 32.2. The second-order valence-corrected chi connectivity index (χ2v) is 5.79. The molecule has 0 aliphatic heterocycles. The molecule has 1 atom stereocenters. The highest BCUT2D eigenvalue weighted by Gasteiger charge is 2.29.